The largest absolute Gasteiger partial charge is 0.207 e. The Morgan fingerprint density at radius 2 is 1.43 bits per heavy atom. The van der Waals surface area contributed by atoms with E-state index in [1.165, 1.54) is 37.7 Å². The van der Waals surface area contributed by atoms with Crippen LogP contribution in [0.15, 0.2) is 12.1 Å². The lowest BCUT2D eigenvalue weighted by Crippen LogP contribution is -2.46. The zero-order chi connectivity index (χ0) is 14.7. The number of aryl methyl sites for hydroxylation is 2. The van der Waals surface area contributed by atoms with E-state index in [4.69, 9.17) is 0 Å². The van der Waals surface area contributed by atoms with Crippen LogP contribution < -0.4 is 0 Å². The van der Waals surface area contributed by atoms with Crippen LogP contribution in [0.25, 0.3) is 0 Å². The van der Waals surface area contributed by atoms with E-state index >= 15 is 0 Å². The zero-order valence-corrected chi connectivity index (χ0v) is 14.5. The Morgan fingerprint density at radius 3 is 1.90 bits per heavy atom. The quantitative estimate of drug-likeness (QED) is 0.578. The topological polar surface area (TPSA) is 0 Å². The van der Waals surface area contributed by atoms with E-state index in [0.29, 0.717) is 4.83 Å². The van der Waals surface area contributed by atoms with E-state index in [0.717, 1.165) is 40.7 Å². The summed E-state index contributed by atoms with van der Waals surface area (Å²) in [4.78, 5) is 0.410. The molecule has 0 aliphatic heterocycles. The number of halogens is 2. The van der Waals surface area contributed by atoms with Gasteiger partial charge in [0, 0.05) is 4.83 Å². The molecule has 21 heavy (non-hydrogen) atoms. The lowest BCUT2D eigenvalue weighted by atomic mass is 9.51. The molecule has 0 nitrogen and oxygen atoms in total. The molecule has 0 amide bonds. The molecule has 0 radical (unpaired) electrons. The molecule has 0 spiro atoms. The summed E-state index contributed by atoms with van der Waals surface area (Å²) in [5.41, 5.74) is 3.58. The minimum atomic E-state index is -0.0986. The molecule has 1 aromatic rings. The molecule has 0 heterocycles. The maximum Gasteiger partial charge on any atom is 0.123 e. The highest BCUT2D eigenvalue weighted by Crippen LogP contribution is 2.61. The molecule has 0 saturated heterocycles. The lowest BCUT2D eigenvalue weighted by molar-refractivity contribution is -0.0365. The van der Waals surface area contributed by atoms with E-state index in [1.54, 1.807) is 12.1 Å². The number of hydrogen-bond acceptors (Lipinski definition) is 0. The van der Waals surface area contributed by atoms with E-state index in [9.17, 15) is 4.39 Å². The summed E-state index contributed by atoms with van der Waals surface area (Å²) in [7, 11) is 0. The van der Waals surface area contributed by atoms with Crippen LogP contribution in [0.4, 0.5) is 4.39 Å². The summed E-state index contributed by atoms with van der Waals surface area (Å²) < 4.78 is 13.6. The van der Waals surface area contributed by atoms with Gasteiger partial charge in [0.1, 0.15) is 5.82 Å². The standard InChI is InChI=1S/C19H24BrF/c1-10-3-16(21)4-11(2)17(10)19(20)18-14-6-12-5-13(8-14)9-15(18)7-12/h3-4,12-15,18-19H,5-9H2,1-2H3. The van der Waals surface area contributed by atoms with Crippen LogP contribution in [0.5, 0.6) is 0 Å². The highest BCUT2D eigenvalue weighted by Gasteiger charge is 2.50. The Hall–Kier alpha value is -0.370. The molecule has 1 aromatic carbocycles. The predicted molar refractivity (Wildman–Crippen MR) is 88.1 cm³/mol. The van der Waals surface area contributed by atoms with Crippen molar-refractivity contribution in [2.24, 2.45) is 29.6 Å². The van der Waals surface area contributed by atoms with Gasteiger partial charge in [0.25, 0.3) is 0 Å². The van der Waals surface area contributed by atoms with Crippen molar-refractivity contribution >= 4 is 15.9 Å². The van der Waals surface area contributed by atoms with E-state index in [-0.39, 0.29) is 5.82 Å². The Labute approximate surface area is 135 Å². The summed E-state index contributed by atoms with van der Waals surface area (Å²) in [6, 6.07) is 3.40. The highest BCUT2D eigenvalue weighted by atomic mass is 79.9. The molecule has 4 aliphatic carbocycles. The monoisotopic (exact) mass is 350 g/mol. The molecule has 0 aromatic heterocycles. The molecule has 4 fully saturated rings. The van der Waals surface area contributed by atoms with Crippen molar-refractivity contribution in [3.63, 3.8) is 0 Å². The number of hydrogen-bond donors (Lipinski definition) is 0. The molecule has 4 bridgehead atoms. The van der Waals surface area contributed by atoms with Gasteiger partial charge < -0.3 is 0 Å². The van der Waals surface area contributed by atoms with Gasteiger partial charge in [-0.25, -0.2) is 4.39 Å². The maximum absolute atomic E-state index is 13.6. The average Bonchev–Trinajstić information content (AvgIpc) is 2.35. The molecule has 1 atom stereocenters. The fraction of sp³-hybridized carbons (Fsp3) is 0.684. The Balaban J connectivity index is 1.68. The van der Waals surface area contributed by atoms with Gasteiger partial charge in [-0.05, 0) is 104 Å². The fourth-order valence-electron chi connectivity index (χ4n) is 5.99. The van der Waals surface area contributed by atoms with Crippen LogP contribution in [0.2, 0.25) is 0 Å². The molecule has 4 saturated carbocycles. The smallest absolute Gasteiger partial charge is 0.123 e. The third-order valence-electron chi connectivity index (χ3n) is 6.47. The molecule has 5 rings (SSSR count). The molecular weight excluding hydrogens is 327 g/mol. The maximum atomic E-state index is 13.6. The van der Waals surface area contributed by atoms with Crippen molar-refractivity contribution in [3.05, 3.63) is 34.6 Å². The first-order chi connectivity index (χ1) is 10.0. The molecule has 0 N–H and O–H groups in total. The summed E-state index contributed by atoms with van der Waals surface area (Å²) in [6.45, 7) is 4.13. The van der Waals surface area contributed by atoms with Crippen LogP contribution in [0.1, 0.15) is 53.6 Å². The molecule has 114 valence electrons. The lowest BCUT2D eigenvalue weighted by Gasteiger charge is -2.56. The Morgan fingerprint density at radius 1 is 0.952 bits per heavy atom. The first-order valence-electron chi connectivity index (χ1n) is 8.43. The minimum absolute atomic E-state index is 0.0986. The van der Waals surface area contributed by atoms with Crippen LogP contribution in [-0.2, 0) is 0 Å². The summed E-state index contributed by atoms with van der Waals surface area (Å²) in [5, 5.41) is 0. The molecule has 2 heteroatoms. The van der Waals surface area contributed by atoms with Crippen molar-refractivity contribution in [2.75, 3.05) is 0 Å². The number of alkyl halides is 1. The average molecular weight is 351 g/mol. The van der Waals surface area contributed by atoms with Crippen molar-refractivity contribution in [2.45, 2.75) is 50.8 Å². The zero-order valence-electron chi connectivity index (χ0n) is 12.9. The summed E-state index contributed by atoms with van der Waals surface area (Å²) >= 11 is 4.04. The SMILES string of the molecule is Cc1cc(F)cc(C)c1C(Br)C1C2CC3CC(C2)CC1C3. The van der Waals surface area contributed by atoms with Gasteiger partial charge in [-0.1, -0.05) is 15.9 Å². The summed E-state index contributed by atoms with van der Waals surface area (Å²) in [6.07, 6.45) is 7.28. The predicted octanol–water partition coefficient (Wildman–Crippen LogP) is 5.95. The summed E-state index contributed by atoms with van der Waals surface area (Å²) in [5.74, 6) is 4.49. The van der Waals surface area contributed by atoms with E-state index in [1.807, 2.05) is 0 Å². The van der Waals surface area contributed by atoms with Crippen LogP contribution >= 0.6 is 15.9 Å². The third kappa shape index (κ3) is 2.29. The van der Waals surface area contributed by atoms with Crippen LogP contribution in [0, 0.1) is 49.3 Å². The van der Waals surface area contributed by atoms with Gasteiger partial charge in [0.2, 0.25) is 0 Å². The van der Waals surface area contributed by atoms with E-state index in [2.05, 4.69) is 29.8 Å². The molecular formula is C19H24BrF. The van der Waals surface area contributed by atoms with Crippen LogP contribution in [0.3, 0.4) is 0 Å². The second-order valence-electron chi connectivity index (χ2n) is 7.86. The first-order valence-corrected chi connectivity index (χ1v) is 9.35. The van der Waals surface area contributed by atoms with Gasteiger partial charge in [0.15, 0.2) is 0 Å². The number of benzene rings is 1. The fourth-order valence-corrected chi connectivity index (χ4v) is 7.58. The van der Waals surface area contributed by atoms with Crippen molar-refractivity contribution in [3.8, 4) is 0 Å². The van der Waals surface area contributed by atoms with Gasteiger partial charge in [-0.2, -0.15) is 0 Å². The van der Waals surface area contributed by atoms with Gasteiger partial charge in [-0.15, -0.1) is 0 Å². The third-order valence-corrected chi connectivity index (χ3v) is 7.54. The van der Waals surface area contributed by atoms with Gasteiger partial charge in [0.05, 0.1) is 0 Å². The van der Waals surface area contributed by atoms with Crippen LogP contribution in [-0.4, -0.2) is 0 Å². The van der Waals surface area contributed by atoms with Crippen molar-refractivity contribution < 1.29 is 4.39 Å². The number of rotatable bonds is 2. The van der Waals surface area contributed by atoms with Gasteiger partial charge in [-0.3, -0.25) is 0 Å². The second kappa shape index (κ2) is 5.08. The van der Waals surface area contributed by atoms with Crippen molar-refractivity contribution in [1.82, 2.24) is 0 Å². The highest BCUT2D eigenvalue weighted by molar-refractivity contribution is 9.09. The van der Waals surface area contributed by atoms with Gasteiger partial charge >= 0.3 is 0 Å². The molecule has 4 aliphatic rings. The minimum Gasteiger partial charge on any atom is -0.207 e. The normalized spacial score (nSPS) is 38.8. The van der Waals surface area contributed by atoms with E-state index < -0.39 is 0 Å². The second-order valence-corrected chi connectivity index (χ2v) is 8.85. The molecule has 1 unspecified atom stereocenters. The first kappa shape index (κ1) is 14.2. The Bertz CT molecular complexity index is 514. The van der Waals surface area contributed by atoms with Crippen molar-refractivity contribution in [1.29, 1.82) is 0 Å². The Kier molecular flexibility index (Phi) is 3.44.